The van der Waals surface area contributed by atoms with Crippen molar-refractivity contribution in [1.82, 2.24) is 15.0 Å². The van der Waals surface area contributed by atoms with Crippen LogP contribution in [0.25, 0.3) is 0 Å². The lowest BCUT2D eigenvalue weighted by Gasteiger charge is -2.06. The van der Waals surface area contributed by atoms with Gasteiger partial charge >= 0.3 is 0 Å². The van der Waals surface area contributed by atoms with E-state index in [0.29, 0.717) is 0 Å². The van der Waals surface area contributed by atoms with Crippen molar-refractivity contribution in [3.8, 4) is 0 Å². The highest BCUT2D eigenvalue weighted by atomic mass is 35.5. The number of nitrogens with zero attached hydrogens (tertiary/aromatic N) is 4. The number of nitrogens with two attached hydrogens (primary N) is 2. The second-order valence-electron chi connectivity index (χ2n) is 1.83. The molecule has 0 aliphatic rings. The summed E-state index contributed by atoms with van der Waals surface area (Å²) >= 11 is 5.52. The summed E-state index contributed by atoms with van der Waals surface area (Å²) in [6.45, 7) is 0. The fraction of sp³-hybridized carbons (Fsp3) is 0.250. The van der Waals surface area contributed by atoms with Gasteiger partial charge in [0.25, 0.3) is 0 Å². The van der Waals surface area contributed by atoms with Gasteiger partial charge in [-0.2, -0.15) is 15.0 Å². The van der Waals surface area contributed by atoms with Crippen molar-refractivity contribution in [2.24, 2.45) is 0 Å². The summed E-state index contributed by atoms with van der Waals surface area (Å²) in [5.41, 5.74) is 10.5. The molecule has 0 aliphatic heterocycles. The average Bonchev–Trinajstić information content (AvgIpc) is 1.85. The molecule has 1 aromatic heterocycles. The van der Waals surface area contributed by atoms with E-state index in [0.717, 1.165) is 0 Å². The molecule has 1 aromatic rings. The normalized spacial score (nSPS) is 9.64. The molecule has 0 aromatic carbocycles. The Labute approximate surface area is 68.3 Å². The van der Waals surface area contributed by atoms with Crippen molar-refractivity contribution in [2.75, 3.05) is 22.9 Å². The first-order chi connectivity index (χ1) is 5.09. The van der Waals surface area contributed by atoms with Gasteiger partial charge in [0.05, 0.1) is 0 Å². The second-order valence-corrected chi connectivity index (χ2v) is 2.34. The first kappa shape index (κ1) is 7.80. The van der Waals surface area contributed by atoms with E-state index in [9.17, 15) is 0 Å². The molecule has 0 bridgehead atoms. The molecule has 0 atom stereocenters. The topological polar surface area (TPSA) is 94.0 Å². The van der Waals surface area contributed by atoms with Crippen molar-refractivity contribution < 1.29 is 0 Å². The van der Waals surface area contributed by atoms with Gasteiger partial charge in [-0.05, 0) is 0 Å². The number of nitrogen functional groups attached to an aromatic ring is 2. The summed E-state index contributed by atoms with van der Waals surface area (Å²) in [7, 11) is 1.57. The lowest BCUT2D eigenvalue weighted by atomic mass is 10.8. The van der Waals surface area contributed by atoms with Crippen molar-refractivity contribution in [3.63, 3.8) is 0 Å². The number of hydrogen-bond acceptors (Lipinski definition) is 6. The number of halogens is 1. The number of aromatic nitrogens is 3. The number of anilines is 3. The summed E-state index contributed by atoms with van der Waals surface area (Å²) in [6.07, 6.45) is 0. The van der Waals surface area contributed by atoms with Crippen LogP contribution in [0.1, 0.15) is 0 Å². The summed E-state index contributed by atoms with van der Waals surface area (Å²) in [5.74, 6) is 0.344. The Balaban J connectivity index is 3.08. The van der Waals surface area contributed by atoms with E-state index < -0.39 is 0 Å². The second kappa shape index (κ2) is 2.75. The smallest absolute Gasteiger partial charge is 0.246 e. The van der Waals surface area contributed by atoms with Crippen LogP contribution in [0.3, 0.4) is 0 Å². The van der Waals surface area contributed by atoms with Crippen molar-refractivity contribution in [1.29, 1.82) is 0 Å². The highest BCUT2D eigenvalue weighted by Gasteiger charge is 2.03. The van der Waals surface area contributed by atoms with E-state index in [2.05, 4.69) is 15.0 Å². The van der Waals surface area contributed by atoms with Crippen LogP contribution in [0.2, 0.25) is 0 Å². The quantitative estimate of drug-likeness (QED) is 0.564. The Hall–Kier alpha value is -1.30. The Morgan fingerprint density at radius 1 is 1.18 bits per heavy atom. The Bertz CT molecular complexity index is 241. The predicted octanol–water partition coefficient (Wildman–Crippen LogP) is -0.374. The minimum atomic E-state index is 0.0556. The molecule has 0 amide bonds. The number of rotatable bonds is 1. The van der Waals surface area contributed by atoms with Gasteiger partial charge in [-0.15, -0.1) is 0 Å². The molecule has 0 saturated carbocycles. The van der Waals surface area contributed by atoms with Crippen LogP contribution in [0, 0.1) is 0 Å². The third-order valence-electron chi connectivity index (χ3n) is 0.934. The molecular weight excluding hydrogens is 168 g/mol. The van der Waals surface area contributed by atoms with Crippen LogP contribution in [-0.4, -0.2) is 22.0 Å². The largest absolute Gasteiger partial charge is 0.368 e. The van der Waals surface area contributed by atoms with E-state index in [1.54, 1.807) is 7.05 Å². The number of hydrogen-bond donors (Lipinski definition) is 2. The summed E-state index contributed by atoms with van der Waals surface area (Å²) in [5, 5.41) is 0. The molecule has 0 fully saturated rings. The van der Waals surface area contributed by atoms with Crippen LogP contribution in [0.4, 0.5) is 17.8 Å². The van der Waals surface area contributed by atoms with E-state index in [1.165, 1.54) is 4.42 Å². The highest BCUT2D eigenvalue weighted by molar-refractivity contribution is 6.24. The van der Waals surface area contributed by atoms with Crippen LogP contribution >= 0.6 is 11.8 Å². The van der Waals surface area contributed by atoms with Crippen LogP contribution in [0.5, 0.6) is 0 Å². The minimum absolute atomic E-state index is 0.0556. The van der Waals surface area contributed by atoms with Crippen molar-refractivity contribution >= 4 is 29.6 Å². The molecule has 6 nitrogen and oxygen atoms in total. The van der Waals surface area contributed by atoms with Crippen molar-refractivity contribution in [2.45, 2.75) is 0 Å². The zero-order valence-corrected chi connectivity index (χ0v) is 6.58. The van der Waals surface area contributed by atoms with E-state index in [1.807, 2.05) is 0 Å². The van der Waals surface area contributed by atoms with Crippen LogP contribution in [0.15, 0.2) is 0 Å². The fourth-order valence-electron chi connectivity index (χ4n) is 0.535. The maximum atomic E-state index is 5.52. The minimum Gasteiger partial charge on any atom is -0.368 e. The first-order valence-corrected chi connectivity index (χ1v) is 3.10. The van der Waals surface area contributed by atoms with Gasteiger partial charge in [0, 0.05) is 18.8 Å². The predicted molar refractivity (Wildman–Crippen MR) is 42.9 cm³/mol. The Morgan fingerprint density at radius 3 is 2.00 bits per heavy atom. The van der Waals surface area contributed by atoms with Gasteiger partial charge < -0.3 is 11.5 Å². The molecular formula is C4H7ClN6. The summed E-state index contributed by atoms with van der Waals surface area (Å²) < 4.78 is 1.18. The zero-order valence-electron chi connectivity index (χ0n) is 5.82. The highest BCUT2D eigenvalue weighted by Crippen LogP contribution is 2.09. The summed E-state index contributed by atoms with van der Waals surface area (Å²) in [4.78, 5) is 11.0. The zero-order chi connectivity index (χ0) is 8.43. The van der Waals surface area contributed by atoms with Gasteiger partial charge in [0.2, 0.25) is 17.8 Å². The third-order valence-corrected chi connectivity index (χ3v) is 1.08. The van der Waals surface area contributed by atoms with E-state index >= 15 is 0 Å². The molecule has 0 aliphatic carbocycles. The molecule has 11 heavy (non-hydrogen) atoms. The van der Waals surface area contributed by atoms with Gasteiger partial charge in [-0.3, -0.25) is 4.42 Å². The lowest BCUT2D eigenvalue weighted by Crippen LogP contribution is -2.11. The standard InChI is InChI=1S/C4H7ClN6/c1-11(5)4-9-2(6)8-3(7)10-4/h1H3,(H4,6,7,8,9,10). The molecule has 1 rings (SSSR count). The van der Waals surface area contributed by atoms with Crippen LogP contribution < -0.4 is 15.9 Å². The van der Waals surface area contributed by atoms with Gasteiger partial charge in [0.1, 0.15) is 0 Å². The van der Waals surface area contributed by atoms with Crippen molar-refractivity contribution in [3.05, 3.63) is 0 Å². The lowest BCUT2D eigenvalue weighted by molar-refractivity contribution is 1.04. The molecule has 0 radical (unpaired) electrons. The molecule has 7 heteroatoms. The maximum absolute atomic E-state index is 5.52. The molecule has 60 valence electrons. The van der Waals surface area contributed by atoms with Gasteiger partial charge in [0.15, 0.2) is 0 Å². The monoisotopic (exact) mass is 174 g/mol. The Morgan fingerprint density at radius 2 is 1.64 bits per heavy atom. The molecule has 0 saturated heterocycles. The Kier molecular flexibility index (Phi) is 1.95. The molecule has 4 N–H and O–H groups in total. The molecule has 0 spiro atoms. The molecule has 1 heterocycles. The molecule has 0 unspecified atom stereocenters. The summed E-state index contributed by atoms with van der Waals surface area (Å²) in [6, 6.07) is 0. The van der Waals surface area contributed by atoms with E-state index in [4.69, 9.17) is 23.2 Å². The van der Waals surface area contributed by atoms with Crippen LogP contribution in [-0.2, 0) is 0 Å². The fourth-order valence-corrected chi connectivity index (χ4v) is 0.611. The third kappa shape index (κ3) is 1.81. The van der Waals surface area contributed by atoms with E-state index in [-0.39, 0.29) is 17.8 Å². The first-order valence-electron chi connectivity index (χ1n) is 2.76. The van der Waals surface area contributed by atoms with Gasteiger partial charge in [-0.1, -0.05) is 0 Å². The SMILES string of the molecule is CN(Cl)c1nc(N)nc(N)n1. The maximum Gasteiger partial charge on any atom is 0.246 e. The average molecular weight is 175 g/mol. The van der Waals surface area contributed by atoms with Gasteiger partial charge in [-0.25, -0.2) is 0 Å².